The Kier molecular flexibility index (Phi) is 8.14. The van der Waals surface area contributed by atoms with E-state index in [0.717, 1.165) is 18.4 Å². The third-order valence-electron chi connectivity index (χ3n) is 2.12. The second-order valence-electron chi connectivity index (χ2n) is 4.68. The Bertz CT molecular complexity index is 459. The average Bonchev–Trinajstić information content (AvgIpc) is 2.10. The van der Waals surface area contributed by atoms with Crippen LogP contribution in [0, 0.1) is 0 Å². The summed E-state index contributed by atoms with van der Waals surface area (Å²) in [5.41, 5.74) is 2.14. The maximum Gasteiger partial charge on any atom is 0.481 e. The molecule has 0 aliphatic heterocycles. The van der Waals surface area contributed by atoms with Gasteiger partial charge in [0.1, 0.15) is 0 Å². The van der Waals surface area contributed by atoms with Crippen molar-refractivity contribution in [1.29, 1.82) is 0 Å². The topological polar surface area (TPSA) is 113 Å². The van der Waals surface area contributed by atoms with Crippen molar-refractivity contribution in [2.75, 3.05) is 0 Å². The van der Waals surface area contributed by atoms with Crippen LogP contribution in [0.4, 0.5) is 0 Å². The molecular formula is C11H22O7P2. The van der Waals surface area contributed by atoms with E-state index >= 15 is 0 Å². The predicted octanol–water partition coefficient (Wildman–Crippen LogP) is 3.29. The molecule has 0 saturated carbocycles. The van der Waals surface area contributed by atoms with Crippen molar-refractivity contribution < 1.29 is 32.6 Å². The van der Waals surface area contributed by atoms with Crippen molar-refractivity contribution in [3.63, 3.8) is 0 Å². The molecule has 7 nitrogen and oxygen atoms in total. The van der Waals surface area contributed by atoms with E-state index < -0.39 is 21.7 Å². The summed E-state index contributed by atoms with van der Waals surface area (Å²) >= 11 is 0. The van der Waals surface area contributed by atoms with Gasteiger partial charge in [0.2, 0.25) is 0 Å². The van der Waals surface area contributed by atoms with Gasteiger partial charge >= 0.3 is 15.6 Å². The first-order valence-corrected chi connectivity index (χ1v) is 9.02. The predicted molar refractivity (Wildman–Crippen MR) is 75.9 cm³/mol. The third-order valence-corrected chi connectivity index (χ3v) is 4.39. The van der Waals surface area contributed by atoms with Gasteiger partial charge in [0.25, 0.3) is 0 Å². The van der Waals surface area contributed by atoms with Crippen molar-refractivity contribution >= 4 is 15.6 Å². The highest BCUT2D eigenvalue weighted by Gasteiger charge is 2.33. The Morgan fingerprint density at radius 3 is 2.20 bits per heavy atom. The van der Waals surface area contributed by atoms with Crippen LogP contribution < -0.4 is 0 Å². The van der Waals surface area contributed by atoms with Crippen LogP contribution in [0.3, 0.4) is 0 Å². The highest BCUT2D eigenvalue weighted by Crippen LogP contribution is 2.58. The summed E-state index contributed by atoms with van der Waals surface area (Å²) in [4.78, 5) is 26.1. The molecule has 0 saturated heterocycles. The molecule has 0 rings (SSSR count). The van der Waals surface area contributed by atoms with Gasteiger partial charge in [-0.2, -0.15) is 4.31 Å². The van der Waals surface area contributed by atoms with Crippen molar-refractivity contribution in [2.24, 2.45) is 0 Å². The monoisotopic (exact) mass is 328 g/mol. The third kappa shape index (κ3) is 11.6. The lowest BCUT2D eigenvalue weighted by Crippen LogP contribution is -2.05. The van der Waals surface area contributed by atoms with Gasteiger partial charge in [-0.15, -0.1) is 0 Å². The molecule has 0 fully saturated rings. The van der Waals surface area contributed by atoms with Gasteiger partial charge in [-0.3, -0.25) is 4.52 Å². The fourth-order valence-corrected chi connectivity index (χ4v) is 3.18. The summed E-state index contributed by atoms with van der Waals surface area (Å²) in [5.74, 6) is 0. The molecule has 0 aliphatic carbocycles. The smallest absolute Gasteiger partial charge is 0.302 e. The number of hydrogen-bond donors (Lipinski definition) is 3. The minimum absolute atomic E-state index is 0.758. The second-order valence-corrected chi connectivity index (χ2v) is 7.47. The first-order chi connectivity index (χ1) is 8.91. The molecule has 0 spiro atoms. The molecule has 2 unspecified atom stereocenters. The van der Waals surface area contributed by atoms with Gasteiger partial charge in [-0.25, -0.2) is 9.13 Å². The zero-order valence-electron chi connectivity index (χ0n) is 12.0. The zero-order chi connectivity index (χ0) is 16.0. The molecule has 3 N–H and O–H groups in total. The maximum absolute atomic E-state index is 11.3. The van der Waals surface area contributed by atoms with Crippen LogP contribution in [0.25, 0.3) is 0 Å². The van der Waals surface area contributed by atoms with E-state index in [2.05, 4.69) is 14.9 Å². The van der Waals surface area contributed by atoms with Crippen LogP contribution in [0.15, 0.2) is 23.3 Å². The van der Waals surface area contributed by atoms with E-state index in [-0.39, 0.29) is 0 Å². The number of rotatable bonds is 8. The lowest BCUT2D eigenvalue weighted by Gasteiger charge is -2.15. The number of hydrogen-bond acceptors (Lipinski definition) is 4. The van der Waals surface area contributed by atoms with Crippen LogP contribution in [-0.2, 0) is 18.0 Å². The first-order valence-electron chi connectivity index (χ1n) is 6.00. The van der Waals surface area contributed by atoms with E-state index in [1.54, 1.807) is 6.08 Å². The summed E-state index contributed by atoms with van der Waals surface area (Å²) in [6, 6.07) is 0. The van der Waals surface area contributed by atoms with E-state index in [1.165, 1.54) is 12.5 Å². The van der Waals surface area contributed by atoms with Gasteiger partial charge in [0, 0.05) is 0 Å². The van der Waals surface area contributed by atoms with Crippen molar-refractivity contribution in [2.45, 2.75) is 46.6 Å². The number of phosphoric ester groups is 1. The van der Waals surface area contributed by atoms with Gasteiger partial charge in [0.15, 0.2) is 0 Å². The van der Waals surface area contributed by atoms with Crippen molar-refractivity contribution in [1.82, 2.24) is 0 Å². The molecule has 118 valence electrons. The Labute approximate surface area is 119 Å². The molecule has 0 amide bonds. The van der Waals surface area contributed by atoms with Gasteiger partial charge in [0.05, 0.1) is 6.10 Å². The highest BCUT2D eigenvalue weighted by atomic mass is 31.3. The van der Waals surface area contributed by atoms with Gasteiger partial charge in [-0.1, -0.05) is 23.3 Å². The molecule has 9 heteroatoms. The molecule has 0 aliphatic rings. The van der Waals surface area contributed by atoms with Crippen molar-refractivity contribution in [3.8, 4) is 0 Å². The fraction of sp³-hybridized carbons (Fsp3) is 0.636. The average molecular weight is 328 g/mol. The molecule has 20 heavy (non-hydrogen) atoms. The van der Waals surface area contributed by atoms with E-state index in [0.29, 0.717) is 0 Å². The van der Waals surface area contributed by atoms with Gasteiger partial charge in [-0.05, 0) is 40.5 Å². The molecule has 0 bridgehead atoms. The number of phosphoric acid groups is 2. The van der Waals surface area contributed by atoms with Crippen LogP contribution >= 0.6 is 15.6 Å². The Hall–Kier alpha value is -0.260. The van der Waals surface area contributed by atoms with Crippen LogP contribution in [-0.4, -0.2) is 20.8 Å². The first kappa shape index (κ1) is 19.7. The molecular weight excluding hydrogens is 306 g/mol. The summed E-state index contributed by atoms with van der Waals surface area (Å²) in [5, 5.41) is 0. The highest BCUT2D eigenvalue weighted by molar-refractivity contribution is 7.60. The molecule has 0 aromatic rings. The standard InChI is InChI=1S/C11H22O7P2/c1-9(2)6-5-7-10(3)8-11(4)17-20(15,16)18-19(12,13)14/h6,8,11H,5,7H2,1-4H3,(H,15,16)(H2,12,13,14). The van der Waals surface area contributed by atoms with Crippen LogP contribution in [0.2, 0.25) is 0 Å². The zero-order valence-corrected chi connectivity index (χ0v) is 13.8. The Balaban J connectivity index is 4.46. The SMILES string of the molecule is CC(C)=CCCC(C)=CC(C)OP(=O)(O)OP(=O)(O)O. The lowest BCUT2D eigenvalue weighted by molar-refractivity contribution is 0.158. The van der Waals surface area contributed by atoms with Crippen molar-refractivity contribution in [3.05, 3.63) is 23.3 Å². The summed E-state index contributed by atoms with van der Waals surface area (Å²) in [7, 11) is -9.86. The van der Waals surface area contributed by atoms with Crippen LogP contribution in [0.1, 0.15) is 40.5 Å². The Morgan fingerprint density at radius 1 is 1.20 bits per heavy atom. The summed E-state index contributed by atoms with van der Waals surface area (Å²) < 4.78 is 30.1. The minimum Gasteiger partial charge on any atom is -0.302 e. The number of allylic oxidation sites excluding steroid dienone is 3. The van der Waals surface area contributed by atoms with Crippen LogP contribution in [0.5, 0.6) is 0 Å². The summed E-state index contributed by atoms with van der Waals surface area (Å²) in [6.45, 7) is 7.31. The quantitative estimate of drug-likeness (QED) is 0.463. The Morgan fingerprint density at radius 2 is 1.75 bits per heavy atom. The van der Waals surface area contributed by atoms with Gasteiger partial charge < -0.3 is 14.7 Å². The maximum atomic E-state index is 11.3. The normalized spacial score (nSPS) is 17.4. The van der Waals surface area contributed by atoms with E-state index in [4.69, 9.17) is 14.7 Å². The fourth-order valence-electron chi connectivity index (χ4n) is 1.47. The molecule has 0 aromatic carbocycles. The largest absolute Gasteiger partial charge is 0.481 e. The molecule has 0 heterocycles. The lowest BCUT2D eigenvalue weighted by atomic mass is 10.1. The summed E-state index contributed by atoms with van der Waals surface area (Å²) in [6.07, 6.45) is 4.46. The van der Waals surface area contributed by atoms with E-state index in [9.17, 15) is 9.13 Å². The molecule has 0 radical (unpaired) electrons. The second kappa shape index (κ2) is 8.25. The molecule has 0 aromatic heterocycles. The van der Waals surface area contributed by atoms with E-state index in [1.807, 2.05) is 20.8 Å². The molecule has 2 atom stereocenters. The minimum atomic E-state index is -5.07.